The molecule has 0 aliphatic carbocycles. The number of hydrogen-bond acceptors (Lipinski definition) is 2. The minimum atomic E-state index is -0.296. The average molecular weight is 325 g/mol. The van der Waals surface area contributed by atoms with Gasteiger partial charge in [-0.2, -0.15) is 0 Å². The quantitative estimate of drug-likeness (QED) is 0.902. The molecule has 5 heteroatoms. The smallest absolute Gasteiger partial charge is 0.323 e. The Morgan fingerprint density at radius 1 is 0.875 bits per heavy atom. The minimum absolute atomic E-state index is 0.0446. The molecule has 2 aromatic carbocycles. The lowest BCUT2D eigenvalue weighted by molar-refractivity contribution is -0.127. The van der Waals surface area contributed by atoms with Crippen LogP contribution in [-0.4, -0.2) is 30.9 Å². The van der Waals surface area contributed by atoms with Gasteiger partial charge >= 0.3 is 6.03 Å². The maximum absolute atomic E-state index is 12.0. The zero-order chi connectivity index (χ0) is 17.7. The summed E-state index contributed by atoms with van der Waals surface area (Å²) in [6.45, 7) is 4.04. The number of amides is 3. The molecule has 0 atom stereocenters. The fourth-order valence-electron chi connectivity index (χ4n) is 2.15. The van der Waals surface area contributed by atoms with Crippen LogP contribution in [0.4, 0.5) is 16.2 Å². The molecule has 126 valence electrons. The maximum atomic E-state index is 12.0. The molecule has 2 rings (SSSR count). The molecule has 0 aromatic heterocycles. The monoisotopic (exact) mass is 325 g/mol. The van der Waals surface area contributed by atoms with E-state index in [0.717, 1.165) is 16.8 Å². The van der Waals surface area contributed by atoms with Crippen molar-refractivity contribution in [2.75, 3.05) is 24.7 Å². The van der Waals surface area contributed by atoms with Crippen LogP contribution in [-0.2, 0) is 11.2 Å². The van der Waals surface area contributed by atoms with Gasteiger partial charge in [-0.1, -0.05) is 18.2 Å². The molecular formula is C19H23N3O2. The molecule has 0 saturated heterocycles. The summed E-state index contributed by atoms with van der Waals surface area (Å²) in [5.41, 5.74) is 4.65. The van der Waals surface area contributed by atoms with E-state index < -0.39 is 0 Å². The van der Waals surface area contributed by atoms with Crippen molar-refractivity contribution in [2.24, 2.45) is 0 Å². The number of nitrogens with zero attached hydrogens (tertiary/aromatic N) is 1. The van der Waals surface area contributed by atoms with Crippen LogP contribution in [0.2, 0.25) is 0 Å². The molecule has 0 aliphatic rings. The third kappa shape index (κ3) is 4.84. The average Bonchev–Trinajstić information content (AvgIpc) is 2.52. The van der Waals surface area contributed by atoms with Crippen LogP contribution in [0.5, 0.6) is 0 Å². The number of carbonyl (C=O) groups excluding carboxylic acids is 2. The summed E-state index contributed by atoms with van der Waals surface area (Å²) in [5.74, 6) is 0.0446. The van der Waals surface area contributed by atoms with Gasteiger partial charge in [-0.25, -0.2) is 4.79 Å². The van der Waals surface area contributed by atoms with E-state index in [1.54, 1.807) is 31.1 Å². The largest absolute Gasteiger partial charge is 0.349 e. The van der Waals surface area contributed by atoms with Gasteiger partial charge in [0.2, 0.25) is 5.91 Å². The molecule has 2 N–H and O–H groups in total. The number of carbonyl (C=O) groups is 2. The van der Waals surface area contributed by atoms with Gasteiger partial charge in [0.1, 0.15) is 0 Å². The summed E-state index contributed by atoms with van der Waals surface area (Å²) < 4.78 is 0. The lowest BCUT2D eigenvalue weighted by Gasteiger charge is -2.11. The number of anilines is 2. The Morgan fingerprint density at radius 3 is 2.04 bits per heavy atom. The Hall–Kier alpha value is -2.82. The van der Waals surface area contributed by atoms with E-state index in [2.05, 4.69) is 10.6 Å². The Kier molecular flexibility index (Phi) is 5.58. The lowest BCUT2D eigenvalue weighted by Crippen LogP contribution is -2.23. The Labute approximate surface area is 142 Å². The summed E-state index contributed by atoms with van der Waals surface area (Å²) in [7, 11) is 3.46. The molecule has 0 heterocycles. The third-order valence-corrected chi connectivity index (χ3v) is 3.83. The number of benzene rings is 2. The second-order valence-electron chi connectivity index (χ2n) is 6.04. The van der Waals surface area contributed by atoms with E-state index in [9.17, 15) is 9.59 Å². The van der Waals surface area contributed by atoms with Gasteiger partial charge in [-0.05, 0) is 54.8 Å². The van der Waals surface area contributed by atoms with Gasteiger partial charge in [0.25, 0.3) is 0 Å². The highest BCUT2D eigenvalue weighted by molar-refractivity contribution is 5.99. The topological polar surface area (TPSA) is 61.4 Å². The first-order valence-electron chi connectivity index (χ1n) is 7.79. The van der Waals surface area contributed by atoms with Crippen molar-refractivity contribution in [2.45, 2.75) is 20.3 Å². The first kappa shape index (κ1) is 17.5. The zero-order valence-electron chi connectivity index (χ0n) is 14.5. The Balaban J connectivity index is 1.94. The van der Waals surface area contributed by atoms with E-state index >= 15 is 0 Å². The van der Waals surface area contributed by atoms with E-state index in [4.69, 9.17) is 0 Å². The van der Waals surface area contributed by atoms with Gasteiger partial charge in [-0.15, -0.1) is 0 Å². The Morgan fingerprint density at radius 2 is 1.46 bits per heavy atom. The second-order valence-corrected chi connectivity index (χ2v) is 6.04. The maximum Gasteiger partial charge on any atom is 0.323 e. The van der Waals surface area contributed by atoms with Crippen LogP contribution < -0.4 is 10.6 Å². The number of aryl methyl sites for hydroxylation is 2. The summed E-state index contributed by atoms with van der Waals surface area (Å²) in [6, 6.07) is 12.7. The van der Waals surface area contributed by atoms with Crippen LogP contribution in [0, 0.1) is 13.8 Å². The third-order valence-electron chi connectivity index (χ3n) is 3.83. The van der Waals surface area contributed by atoms with E-state index in [-0.39, 0.29) is 11.9 Å². The van der Waals surface area contributed by atoms with Crippen LogP contribution in [0.1, 0.15) is 16.7 Å². The molecule has 0 unspecified atom stereocenters. The predicted octanol–water partition coefficient (Wildman–Crippen LogP) is 3.58. The van der Waals surface area contributed by atoms with Gasteiger partial charge in [0.15, 0.2) is 0 Å². The van der Waals surface area contributed by atoms with Gasteiger partial charge in [0.05, 0.1) is 6.42 Å². The van der Waals surface area contributed by atoms with Gasteiger partial charge in [0, 0.05) is 25.5 Å². The molecule has 5 nitrogen and oxygen atoms in total. The molecule has 2 aromatic rings. The van der Waals surface area contributed by atoms with Crippen molar-refractivity contribution in [1.29, 1.82) is 0 Å². The van der Waals surface area contributed by atoms with Crippen LogP contribution in [0.25, 0.3) is 0 Å². The summed E-state index contributed by atoms with van der Waals surface area (Å²) >= 11 is 0. The van der Waals surface area contributed by atoms with Crippen LogP contribution in [0.3, 0.4) is 0 Å². The van der Waals surface area contributed by atoms with Crippen LogP contribution >= 0.6 is 0 Å². The summed E-state index contributed by atoms with van der Waals surface area (Å²) in [6.07, 6.45) is 0.349. The molecule has 24 heavy (non-hydrogen) atoms. The van der Waals surface area contributed by atoms with Crippen molar-refractivity contribution in [3.63, 3.8) is 0 Å². The summed E-state index contributed by atoms with van der Waals surface area (Å²) in [4.78, 5) is 25.3. The normalized spacial score (nSPS) is 10.2. The van der Waals surface area contributed by atoms with E-state index in [1.165, 1.54) is 5.56 Å². The fourth-order valence-corrected chi connectivity index (χ4v) is 2.15. The van der Waals surface area contributed by atoms with Crippen molar-refractivity contribution < 1.29 is 9.59 Å². The van der Waals surface area contributed by atoms with Crippen LogP contribution in [0.15, 0.2) is 42.5 Å². The highest BCUT2D eigenvalue weighted by Gasteiger charge is 2.07. The standard InChI is InChI=1S/C19H23N3O2/c1-13-5-8-17(11-14(13)2)21-19(24)20-16-9-6-15(7-10-16)12-18(23)22(3)4/h5-11H,12H2,1-4H3,(H2,20,21,24). The zero-order valence-corrected chi connectivity index (χ0v) is 14.5. The minimum Gasteiger partial charge on any atom is -0.349 e. The van der Waals surface area contributed by atoms with E-state index in [0.29, 0.717) is 12.1 Å². The van der Waals surface area contributed by atoms with Crippen molar-refractivity contribution in [1.82, 2.24) is 4.90 Å². The first-order chi connectivity index (χ1) is 11.3. The second kappa shape index (κ2) is 7.64. The molecular weight excluding hydrogens is 302 g/mol. The number of rotatable bonds is 4. The molecule has 0 bridgehead atoms. The number of hydrogen-bond donors (Lipinski definition) is 2. The highest BCUT2D eigenvalue weighted by atomic mass is 16.2. The molecule has 0 radical (unpaired) electrons. The highest BCUT2D eigenvalue weighted by Crippen LogP contribution is 2.15. The van der Waals surface area contributed by atoms with Crippen molar-refractivity contribution in [3.05, 3.63) is 59.2 Å². The molecule has 0 spiro atoms. The van der Waals surface area contributed by atoms with E-state index in [1.807, 2.05) is 44.2 Å². The van der Waals surface area contributed by atoms with Gasteiger partial charge in [-0.3, -0.25) is 4.79 Å². The van der Waals surface area contributed by atoms with Crippen molar-refractivity contribution in [3.8, 4) is 0 Å². The lowest BCUT2D eigenvalue weighted by atomic mass is 10.1. The predicted molar refractivity (Wildman–Crippen MR) is 97.4 cm³/mol. The first-order valence-corrected chi connectivity index (χ1v) is 7.79. The Bertz CT molecular complexity index is 737. The summed E-state index contributed by atoms with van der Waals surface area (Å²) in [5, 5.41) is 5.59. The van der Waals surface area contributed by atoms with Gasteiger partial charge < -0.3 is 15.5 Å². The molecule has 0 saturated carbocycles. The SMILES string of the molecule is Cc1ccc(NC(=O)Nc2ccc(CC(=O)N(C)C)cc2)cc1C. The fraction of sp³-hybridized carbons (Fsp3) is 0.263. The number of nitrogens with one attached hydrogen (secondary N) is 2. The number of urea groups is 1. The molecule has 3 amide bonds. The molecule has 0 aliphatic heterocycles. The molecule has 0 fully saturated rings. The number of likely N-dealkylation sites (N-methyl/N-ethyl adjacent to an activating group) is 1. The van der Waals surface area contributed by atoms with Crippen molar-refractivity contribution >= 4 is 23.3 Å².